The number of nitrogens with zero attached hydrogens (tertiary/aromatic N) is 4. The van der Waals surface area contributed by atoms with Crippen molar-refractivity contribution >= 4 is 17.2 Å². The number of ether oxygens (including phenoxy) is 1. The third-order valence-corrected chi connectivity index (χ3v) is 4.50. The Morgan fingerprint density at radius 3 is 3.05 bits per heavy atom. The van der Waals surface area contributed by atoms with Gasteiger partial charge in [0.2, 0.25) is 0 Å². The molecule has 0 aliphatic carbocycles. The second kappa shape index (κ2) is 6.58. The summed E-state index contributed by atoms with van der Waals surface area (Å²) in [7, 11) is 0. The standard InChI is InChI=1S/C15H20N4O2S/c1-3-19-14-11(5-17-19)6-18(7-12(14)8-21-4-2)15(20)13-9-22-10-16-13/h5,9-10,12H,3-4,6-8H2,1-2H3/t12-/m0/s1. The zero-order valence-corrected chi connectivity index (χ0v) is 13.7. The first-order chi connectivity index (χ1) is 10.7. The van der Waals surface area contributed by atoms with Crippen molar-refractivity contribution < 1.29 is 9.53 Å². The molecule has 0 N–H and O–H groups in total. The molecule has 0 fully saturated rings. The number of hydrogen-bond donors (Lipinski definition) is 0. The number of fused-ring (bicyclic) bond motifs is 1. The summed E-state index contributed by atoms with van der Waals surface area (Å²) in [5, 5.41) is 6.24. The highest BCUT2D eigenvalue weighted by atomic mass is 32.1. The number of thiazole rings is 1. The molecule has 22 heavy (non-hydrogen) atoms. The van der Waals surface area contributed by atoms with Crippen LogP contribution in [0.3, 0.4) is 0 Å². The van der Waals surface area contributed by atoms with E-state index < -0.39 is 0 Å². The van der Waals surface area contributed by atoms with Crippen LogP contribution in [0, 0.1) is 0 Å². The SMILES string of the molecule is CCOC[C@@H]1CN(C(=O)c2cscn2)Cc2cnn(CC)c21. The van der Waals surface area contributed by atoms with Gasteiger partial charge in [-0.25, -0.2) is 4.98 Å². The van der Waals surface area contributed by atoms with Crippen LogP contribution in [0.15, 0.2) is 17.1 Å². The van der Waals surface area contributed by atoms with Crippen LogP contribution in [0.5, 0.6) is 0 Å². The summed E-state index contributed by atoms with van der Waals surface area (Å²) in [5.74, 6) is 0.145. The molecule has 1 aliphatic heterocycles. The van der Waals surface area contributed by atoms with Crippen molar-refractivity contribution in [3.8, 4) is 0 Å². The number of aryl methyl sites for hydroxylation is 1. The minimum atomic E-state index is -0.0161. The molecular weight excluding hydrogens is 300 g/mol. The summed E-state index contributed by atoms with van der Waals surface area (Å²) in [6.45, 7) is 7.42. The molecule has 3 heterocycles. The minimum Gasteiger partial charge on any atom is -0.381 e. The van der Waals surface area contributed by atoms with E-state index in [4.69, 9.17) is 4.74 Å². The Labute approximate surface area is 133 Å². The smallest absolute Gasteiger partial charge is 0.273 e. The molecule has 2 aromatic rings. The monoisotopic (exact) mass is 320 g/mol. The number of carbonyl (C=O) groups is 1. The number of hydrogen-bond acceptors (Lipinski definition) is 5. The molecule has 0 spiro atoms. The van der Waals surface area contributed by atoms with Crippen LogP contribution >= 0.6 is 11.3 Å². The maximum absolute atomic E-state index is 12.6. The van der Waals surface area contributed by atoms with E-state index in [1.807, 2.05) is 22.7 Å². The number of rotatable bonds is 5. The lowest BCUT2D eigenvalue weighted by molar-refractivity contribution is 0.0642. The molecule has 1 atom stereocenters. The van der Waals surface area contributed by atoms with Gasteiger partial charge in [0.1, 0.15) is 5.69 Å². The molecule has 0 radical (unpaired) electrons. The third kappa shape index (κ3) is 2.78. The Kier molecular flexibility index (Phi) is 4.54. The average Bonchev–Trinajstić information content (AvgIpc) is 3.20. The van der Waals surface area contributed by atoms with Gasteiger partial charge in [0.15, 0.2) is 0 Å². The summed E-state index contributed by atoms with van der Waals surface area (Å²) < 4.78 is 7.64. The first-order valence-electron chi connectivity index (χ1n) is 7.54. The molecular formula is C15H20N4O2S. The van der Waals surface area contributed by atoms with E-state index in [1.165, 1.54) is 17.0 Å². The fraction of sp³-hybridized carbons (Fsp3) is 0.533. The fourth-order valence-electron chi connectivity index (χ4n) is 2.93. The van der Waals surface area contributed by atoms with Crippen LogP contribution in [-0.4, -0.2) is 45.3 Å². The van der Waals surface area contributed by atoms with E-state index >= 15 is 0 Å². The van der Waals surface area contributed by atoms with Gasteiger partial charge >= 0.3 is 0 Å². The molecule has 118 valence electrons. The zero-order valence-electron chi connectivity index (χ0n) is 12.9. The van der Waals surface area contributed by atoms with E-state index in [-0.39, 0.29) is 11.8 Å². The summed E-state index contributed by atoms with van der Waals surface area (Å²) in [4.78, 5) is 18.5. The number of aromatic nitrogens is 3. The van der Waals surface area contributed by atoms with Crippen molar-refractivity contribution in [3.05, 3.63) is 34.0 Å². The Morgan fingerprint density at radius 1 is 1.50 bits per heavy atom. The molecule has 0 saturated carbocycles. The molecule has 3 rings (SSSR count). The highest BCUT2D eigenvalue weighted by molar-refractivity contribution is 7.07. The first-order valence-corrected chi connectivity index (χ1v) is 8.48. The van der Waals surface area contributed by atoms with Crippen LogP contribution in [-0.2, 0) is 17.8 Å². The van der Waals surface area contributed by atoms with Gasteiger partial charge in [-0.2, -0.15) is 5.10 Å². The number of amides is 1. The van der Waals surface area contributed by atoms with Crippen LogP contribution in [0.1, 0.15) is 41.5 Å². The third-order valence-electron chi connectivity index (χ3n) is 3.91. The summed E-state index contributed by atoms with van der Waals surface area (Å²) in [6.07, 6.45) is 1.87. The molecule has 2 aromatic heterocycles. The van der Waals surface area contributed by atoms with Crippen molar-refractivity contribution in [2.24, 2.45) is 0 Å². The summed E-state index contributed by atoms with van der Waals surface area (Å²) in [6, 6.07) is 0. The number of carbonyl (C=O) groups excluding carboxylic acids is 1. The fourth-order valence-corrected chi connectivity index (χ4v) is 3.46. The summed E-state index contributed by atoms with van der Waals surface area (Å²) >= 11 is 1.44. The second-order valence-corrected chi connectivity index (χ2v) is 6.01. The minimum absolute atomic E-state index is 0.0161. The lowest BCUT2D eigenvalue weighted by Gasteiger charge is -2.33. The Bertz CT molecular complexity index is 638. The molecule has 0 saturated heterocycles. The molecule has 7 heteroatoms. The molecule has 0 bridgehead atoms. The predicted molar refractivity (Wildman–Crippen MR) is 84.0 cm³/mol. The second-order valence-electron chi connectivity index (χ2n) is 5.29. The normalized spacial score (nSPS) is 17.5. The lowest BCUT2D eigenvalue weighted by Crippen LogP contribution is -2.40. The molecule has 0 aromatic carbocycles. The van der Waals surface area contributed by atoms with Gasteiger partial charge in [0.05, 0.1) is 24.0 Å². The Morgan fingerprint density at radius 2 is 2.36 bits per heavy atom. The van der Waals surface area contributed by atoms with Gasteiger partial charge in [-0.1, -0.05) is 0 Å². The van der Waals surface area contributed by atoms with Crippen LogP contribution in [0.25, 0.3) is 0 Å². The van der Waals surface area contributed by atoms with Crippen molar-refractivity contribution in [1.82, 2.24) is 19.7 Å². The molecule has 6 nitrogen and oxygen atoms in total. The van der Waals surface area contributed by atoms with Gasteiger partial charge in [-0.05, 0) is 13.8 Å². The Balaban J connectivity index is 1.86. The van der Waals surface area contributed by atoms with Crippen molar-refractivity contribution in [2.45, 2.75) is 32.9 Å². The first kappa shape index (κ1) is 15.2. The summed E-state index contributed by atoms with van der Waals surface area (Å²) in [5.41, 5.74) is 4.53. The maximum Gasteiger partial charge on any atom is 0.273 e. The van der Waals surface area contributed by atoms with Gasteiger partial charge in [-0.3, -0.25) is 9.48 Å². The zero-order chi connectivity index (χ0) is 15.5. The quantitative estimate of drug-likeness (QED) is 0.847. The average molecular weight is 320 g/mol. The van der Waals surface area contributed by atoms with Gasteiger partial charge in [0.25, 0.3) is 5.91 Å². The van der Waals surface area contributed by atoms with E-state index in [0.717, 1.165) is 12.1 Å². The van der Waals surface area contributed by atoms with Crippen LogP contribution in [0.4, 0.5) is 0 Å². The molecule has 1 amide bonds. The molecule has 0 unspecified atom stereocenters. The van der Waals surface area contributed by atoms with E-state index in [9.17, 15) is 4.79 Å². The van der Waals surface area contributed by atoms with Crippen molar-refractivity contribution in [3.63, 3.8) is 0 Å². The largest absolute Gasteiger partial charge is 0.381 e. The topological polar surface area (TPSA) is 60.2 Å². The highest BCUT2D eigenvalue weighted by Crippen LogP contribution is 2.29. The van der Waals surface area contributed by atoms with E-state index in [1.54, 1.807) is 10.9 Å². The predicted octanol–water partition coefficient (Wildman–Crippen LogP) is 2.14. The van der Waals surface area contributed by atoms with E-state index in [0.29, 0.717) is 32.0 Å². The van der Waals surface area contributed by atoms with Gasteiger partial charge < -0.3 is 9.64 Å². The van der Waals surface area contributed by atoms with Crippen LogP contribution < -0.4 is 0 Å². The van der Waals surface area contributed by atoms with Gasteiger partial charge in [-0.15, -0.1) is 11.3 Å². The Hall–Kier alpha value is -1.73. The maximum atomic E-state index is 12.6. The van der Waals surface area contributed by atoms with E-state index in [2.05, 4.69) is 17.0 Å². The van der Waals surface area contributed by atoms with Gasteiger partial charge in [0, 0.05) is 43.1 Å². The molecule has 1 aliphatic rings. The van der Waals surface area contributed by atoms with Crippen molar-refractivity contribution in [1.29, 1.82) is 0 Å². The van der Waals surface area contributed by atoms with Crippen molar-refractivity contribution in [2.75, 3.05) is 19.8 Å². The lowest BCUT2D eigenvalue weighted by atomic mass is 9.96. The van der Waals surface area contributed by atoms with Crippen LogP contribution in [0.2, 0.25) is 0 Å². The highest BCUT2D eigenvalue weighted by Gasteiger charge is 2.32.